The zero-order valence-electron chi connectivity index (χ0n) is 29.4. The first-order valence-electron chi connectivity index (χ1n) is 16.3. The van der Waals surface area contributed by atoms with E-state index >= 15 is 0 Å². The summed E-state index contributed by atoms with van der Waals surface area (Å²) >= 11 is 0. The van der Waals surface area contributed by atoms with E-state index in [1.54, 1.807) is 12.1 Å². The number of carbonyl (C=O) groups is 2. The summed E-state index contributed by atoms with van der Waals surface area (Å²) in [6.45, 7) is 9.69. The Morgan fingerprint density at radius 1 is 0.796 bits per heavy atom. The number of benzene rings is 4. The summed E-state index contributed by atoms with van der Waals surface area (Å²) in [7, 11) is -1.43. The standard InChI is InChI=1S/C39H47N3O6S/c1-27(2)24-40-39(44)35(22-31-14-9-8-10-15-31)41(25-32-16-12-11-13-30(32)5)38(43)26-42(33-20-28(3)19-29(4)21-33)49(45,46)34-17-18-36(47-6)37(23-34)48-7/h8-21,23,27,35H,22,24-26H2,1-7H3,(H,40,44)/t35-/m1/s1. The molecule has 0 bridgehead atoms. The molecule has 0 aliphatic heterocycles. The topological polar surface area (TPSA) is 105 Å². The van der Waals surface area contributed by atoms with Gasteiger partial charge in [-0.15, -0.1) is 0 Å². The number of methoxy groups -OCH3 is 2. The van der Waals surface area contributed by atoms with Crippen molar-refractivity contribution in [1.29, 1.82) is 0 Å². The highest BCUT2D eigenvalue weighted by molar-refractivity contribution is 7.92. The summed E-state index contributed by atoms with van der Waals surface area (Å²) in [4.78, 5) is 30.2. The Bertz CT molecular complexity index is 1840. The van der Waals surface area contributed by atoms with Crippen molar-refractivity contribution in [2.75, 3.05) is 31.6 Å². The zero-order valence-corrected chi connectivity index (χ0v) is 30.2. The molecule has 0 saturated carbocycles. The van der Waals surface area contributed by atoms with Crippen molar-refractivity contribution in [3.8, 4) is 11.5 Å². The van der Waals surface area contributed by atoms with Gasteiger partial charge in [0.15, 0.2) is 11.5 Å². The zero-order chi connectivity index (χ0) is 35.7. The van der Waals surface area contributed by atoms with Crippen LogP contribution >= 0.6 is 0 Å². The second-order valence-electron chi connectivity index (χ2n) is 12.7. The first kappa shape index (κ1) is 37.0. The lowest BCUT2D eigenvalue weighted by Gasteiger charge is -2.34. The van der Waals surface area contributed by atoms with E-state index in [-0.39, 0.29) is 35.4 Å². The Morgan fingerprint density at radius 2 is 1.43 bits per heavy atom. The van der Waals surface area contributed by atoms with Gasteiger partial charge in [0.2, 0.25) is 11.8 Å². The molecule has 1 N–H and O–H groups in total. The Kier molecular flexibility index (Phi) is 12.5. The van der Waals surface area contributed by atoms with Gasteiger partial charge in [-0.3, -0.25) is 13.9 Å². The molecule has 0 aliphatic rings. The minimum atomic E-state index is -4.33. The molecule has 2 amide bonds. The van der Waals surface area contributed by atoms with Crippen molar-refractivity contribution in [3.05, 3.63) is 119 Å². The van der Waals surface area contributed by atoms with Crippen LogP contribution in [0.4, 0.5) is 5.69 Å². The van der Waals surface area contributed by atoms with Crippen LogP contribution in [-0.4, -0.2) is 58.5 Å². The van der Waals surface area contributed by atoms with Crippen molar-refractivity contribution in [1.82, 2.24) is 10.2 Å². The number of ether oxygens (including phenoxy) is 2. The van der Waals surface area contributed by atoms with Gasteiger partial charge in [0.25, 0.3) is 10.0 Å². The largest absolute Gasteiger partial charge is 0.493 e. The summed E-state index contributed by atoms with van der Waals surface area (Å²) in [6, 6.07) is 26.0. The molecule has 4 aromatic rings. The maximum absolute atomic E-state index is 14.8. The number of hydrogen-bond donors (Lipinski definition) is 1. The van der Waals surface area contributed by atoms with Crippen LogP contribution < -0.4 is 19.1 Å². The second kappa shape index (κ2) is 16.5. The van der Waals surface area contributed by atoms with Crippen molar-refractivity contribution in [2.45, 2.75) is 58.5 Å². The average Bonchev–Trinajstić information content (AvgIpc) is 3.07. The van der Waals surface area contributed by atoms with Gasteiger partial charge in [0.05, 0.1) is 24.8 Å². The van der Waals surface area contributed by atoms with E-state index in [1.807, 2.05) is 95.3 Å². The monoisotopic (exact) mass is 685 g/mol. The molecule has 9 nitrogen and oxygen atoms in total. The summed E-state index contributed by atoms with van der Waals surface area (Å²) < 4.78 is 41.0. The molecule has 0 saturated heterocycles. The smallest absolute Gasteiger partial charge is 0.264 e. The van der Waals surface area contributed by atoms with Gasteiger partial charge < -0.3 is 19.7 Å². The molecule has 260 valence electrons. The van der Waals surface area contributed by atoms with Crippen LogP contribution in [0.1, 0.15) is 41.7 Å². The van der Waals surface area contributed by atoms with Gasteiger partial charge in [-0.25, -0.2) is 8.42 Å². The number of sulfonamides is 1. The Labute approximate surface area is 290 Å². The summed E-state index contributed by atoms with van der Waals surface area (Å²) in [5.41, 5.74) is 4.68. The van der Waals surface area contributed by atoms with E-state index in [0.29, 0.717) is 18.0 Å². The number of anilines is 1. The van der Waals surface area contributed by atoms with Crippen molar-refractivity contribution in [2.24, 2.45) is 5.92 Å². The van der Waals surface area contributed by atoms with Crippen LogP contribution in [0, 0.1) is 26.7 Å². The van der Waals surface area contributed by atoms with Gasteiger partial charge >= 0.3 is 0 Å². The fraction of sp³-hybridized carbons (Fsp3) is 0.333. The number of carbonyl (C=O) groups excluding carboxylic acids is 2. The fourth-order valence-electron chi connectivity index (χ4n) is 5.68. The van der Waals surface area contributed by atoms with Crippen LogP contribution in [0.5, 0.6) is 11.5 Å². The lowest BCUT2D eigenvalue weighted by atomic mass is 10.0. The summed E-state index contributed by atoms with van der Waals surface area (Å²) in [5, 5.41) is 3.03. The highest BCUT2D eigenvalue weighted by Crippen LogP contribution is 2.33. The van der Waals surface area contributed by atoms with E-state index in [1.165, 1.54) is 37.3 Å². The van der Waals surface area contributed by atoms with Gasteiger partial charge in [-0.1, -0.05) is 74.5 Å². The predicted molar refractivity (Wildman–Crippen MR) is 194 cm³/mol. The Morgan fingerprint density at radius 3 is 2.04 bits per heavy atom. The van der Waals surface area contributed by atoms with Gasteiger partial charge in [-0.2, -0.15) is 0 Å². The van der Waals surface area contributed by atoms with E-state index in [4.69, 9.17) is 9.47 Å². The van der Waals surface area contributed by atoms with E-state index in [9.17, 15) is 18.0 Å². The van der Waals surface area contributed by atoms with Gasteiger partial charge in [-0.05, 0) is 78.8 Å². The molecule has 0 aliphatic carbocycles. The molecular formula is C39H47N3O6S. The highest BCUT2D eigenvalue weighted by atomic mass is 32.2. The molecule has 0 aromatic heterocycles. The first-order valence-corrected chi connectivity index (χ1v) is 17.8. The average molecular weight is 686 g/mol. The molecule has 4 rings (SSSR count). The molecule has 0 fully saturated rings. The number of nitrogens with zero attached hydrogens (tertiary/aromatic N) is 2. The third kappa shape index (κ3) is 9.41. The van der Waals surface area contributed by atoms with Crippen molar-refractivity contribution < 1.29 is 27.5 Å². The van der Waals surface area contributed by atoms with Gasteiger partial charge in [0.1, 0.15) is 12.6 Å². The van der Waals surface area contributed by atoms with Crippen molar-refractivity contribution >= 4 is 27.5 Å². The minimum Gasteiger partial charge on any atom is -0.493 e. The van der Waals surface area contributed by atoms with Crippen molar-refractivity contribution in [3.63, 3.8) is 0 Å². The van der Waals surface area contributed by atoms with Crippen LogP contribution in [0.3, 0.4) is 0 Å². The Balaban J connectivity index is 1.86. The highest BCUT2D eigenvalue weighted by Gasteiger charge is 2.35. The second-order valence-corrected chi connectivity index (χ2v) is 14.5. The van der Waals surface area contributed by atoms with Crippen LogP contribution in [0.2, 0.25) is 0 Å². The molecule has 1 atom stereocenters. The summed E-state index contributed by atoms with van der Waals surface area (Å²) in [5.74, 6) is -0.0296. The molecule has 0 spiro atoms. The van der Waals surface area contributed by atoms with E-state index in [0.717, 1.165) is 32.1 Å². The van der Waals surface area contributed by atoms with E-state index in [2.05, 4.69) is 5.32 Å². The lowest BCUT2D eigenvalue weighted by molar-refractivity contribution is -0.140. The maximum Gasteiger partial charge on any atom is 0.264 e. The normalized spacial score (nSPS) is 11.9. The van der Waals surface area contributed by atoms with Crippen LogP contribution in [-0.2, 0) is 32.6 Å². The fourth-order valence-corrected chi connectivity index (χ4v) is 7.09. The van der Waals surface area contributed by atoms with Crippen LogP contribution in [0.25, 0.3) is 0 Å². The lowest BCUT2D eigenvalue weighted by Crippen LogP contribution is -2.53. The quantitative estimate of drug-likeness (QED) is 0.159. The number of amides is 2. The summed E-state index contributed by atoms with van der Waals surface area (Å²) in [6.07, 6.45) is 0.244. The molecule has 49 heavy (non-hydrogen) atoms. The predicted octanol–water partition coefficient (Wildman–Crippen LogP) is 6.24. The van der Waals surface area contributed by atoms with E-state index < -0.39 is 28.5 Å². The Hall–Kier alpha value is -4.83. The molecule has 0 heterocycles. The number of rotatable bonds is 15. The number of hydrogen-bond acceptors (Lipinski definition) is 6. The SMILES string of the molecule is COc1ccc(S(=O)(=O)N(CC(=O)N(Cc2ccccc2C)[C@H](Cc2ccccc2)C(=O)NCC(C)C)c2cc(C)cc(C)c2)cc1OC. The number of nitrogens with one attached hydrogen (secondary N) is 1. The molecule has 4 aromatic carbocycles. The minimum absolute atomic E-state index is 0.0712. The molecule has 10 heteroatoms. The maximum atomic E-state index is 14.8. The van der Waals surface area contributed by atoms with Gasteiger partial charge in [0, 0.05) is 25.6 Å². The van der Waals surface area contributed by atoms with Crippen LogP contribution in [0.15, 0.2) is 95.9 Å². The third-order valence-electron chi connectivity index (χ3n) is 8.27. The third-order valence-corrected chi connectivity index (χ3v) is 10.0. The molecule has 0 unspecified atom stereocenters. The molecule has 0 radical (unpaired) electrons. The first-order chi connectivity index (χ1) is 23.3. The molecular weight excluding hydrogens is 639 g/mol. The number of aryl methyl sites for hydroxylation is 3.